The molecular weight excluding hydrogens is 709 g/mol. The quantitative estimate of drug-likeness (QED) is 0.0233. The molecule has 3 atom stereocenters. The number of aliphatic carboxylic acids is 1. The number of carbonyl (C=O) groups is 3. The topological polar surface area (TPSA) is 172 Å². The number of rotatable bonds is 40. The summed E-state index contributed by atoms with van der Waals surface area (Å²) in [7, 11) is -4.72. The van der Waals surface area contributed by atoms with Crippen LogP contribution in [-0.4, -0.2) is 59.9 Å². The number of carbonyl (C=O) groups excluding carboxylic acids is 2. The number of phosphoric ester groups is 1. The number of hydrogen-bond donors (Lipinski definition) is 3. The molecule has 0 aliphatic heterocycles. The van der Waals surface area contributed by atoms with Gasteiger partial charge >= 0.3 is 25.7 Å². The molecule has 0 spiro atoms. The van der Waals surface area contributed by atoms with E-state index in [-0.39, 0.29) is 19.4 Å². The Hall–Kier alpha value is -2.04. The molecule has 0 aromatic rings. The van der Waals surface area contributed by atoms with Gasteiger partial charge in [0.2, 0.25) is 0 Å². The Kier molecular flexibility index (Phi) is 36.4. The number of carboxylic acid groups (broad SMARTS) is 1. The summed E-state index contributed by atoms with van der Waals surface area (Å²) in [5.74, 6) is -2.41. The van der Waals surface area contributed by atoms with Crippen LogP contribution in [0, 0.1) is 0 Å². The van der Waals surface area contributed by atoms with Gasteiger partial charge in [-0.1, -0.05) is 141 Å². The minimum Gasteiger partial charge on any atom is -0.480 e. The fraction of sp³-hybridized carbons (Fsp3) is 0.833. The molecule has 0 radical (unpaired) electrons. The van der Waals surface area contributed by atoms with Crippen molar-refractivity contribution in [2.24, 2.45) is 5.73 Å². The van der Waals surface area contributed by atoms with Crippen molar-refractivity contribution >= 4 is 25.7 Å². The van der Waals surface area contributed by atoms with Crippen molar-refractivity contribution in [3.63, 3.8) is 0 Å². The fourth-order valence-electron chi connectivity index (χ4n) is 5.76. The van der Waals surface area contributed by atoms with Gasteiger partial charge in [-0.05, 0) is 64.2 Å². The molecule has 1 unspecified atom stereocenters. The largest absolute Gasteiger partial charge is 0.480 e. The number of hydrogen-bond acceptors (Lipinski definition) is 9. The van der Waals surface area contributed by atoms with Crippen LogP contribution < -0.4 is 5.73 Å². The predicted molar refractivity (Wildman–Crippen MR) is 217 cm³/mol. The van der Waals surface area contributed by atoms with Gasteiger partial charge in [0.25, 0.3) is 0 Å². The first-order valence-corrected chi connectivity index (χ1v) is 22.9. The van der Waals surface area contributed by atoms with Crippen LogP contribution in [0.4, 0.5) is 0 Å². The molecule has 0 aromatic heterocycles. The van der Waals surface area contributed by atoms with Gasteiger partial charge in [0.05, 0.1) is 13.2 Å². The van der Waals surface area contributed by atoms with Gasteiger partial charge in [0.15, 0.2) is 6.10 Å². The number of nitrogens with two attached hydrogens (primary N) is 1. The molecular formula is C42H78NO10P. The van der Waals surface area contributed by atoms with E-state index in [0.717, 1.165) is 44.9 Å². The normalized spacial score (nSPS) is 14.0. The Morgan fingerprint density at radius 2 is 0.926 bits per heavy atom. The van der Waals surface area contributed by atoms with Crippen LogP contribution in [0.5, 0.6) is 0 Å². The maximum atomic E-state index is 12.6. The summed E-state index contributed by atoms with van der Waals surface area (Å²) in [4.78, 5) is 45.9. The zero-order chi connectivity index (χ0) is 40.0. The lowest BCUT2D eigenvalue weighted by Gasteiger charge is -2.20. The SMILES string of the molecule is CCCCCC/C=C/CCCCCCCCCC(=O)OC[C@H](COP(=O)(O)OC[C@H](N)C(=O)O)OC(=O)CCCC/C=C/CCCCCCCCCCC. The minimum atomic E-state index is -4.72. The van der Waals surface area contributed by atoms with Gasteiger partial charge in [-0.25, -0.2) is 4.57 Å². The second kappa shape index (κ2) is 37.9. The summed E-state index contributed by atoms with van der Waals surface area (Å²) in [6, 6.07) is -1.52. The average Bonchev–Trinajstić information content (AvgIpc) is 3.14. The summed E-state index contributed by atoms with van der Waals surface area (Å²) < 4.78 is 32.6. The van der Waals surface area contributed by atoms with E-state index in [1.807, 2.05) is 0 Å². The molecule has 0 rings (SSSR count). The van der Waals surface area contributed by atoms with Crippen molar-refractivity contribution in [1.29, 1.82) is 0 Å². The van der Waals surface area contributed by atoms with Crippen molar-refractivity contribution in [2.75, 3.05) is 19.8 Å². The van der Waals surface area contributed by atoms with Crippen LogP contribution in [0.1, 0.15) is 194 Å². The molecule has 4 N–H and O–H groups in total. The first-order chi connectivity index (χ1) is 26.1. The first kappa shape index (κ1) is 52.0. The van der Waals surface area contributed by atoms with Crippen molar-refractivity contribution in [3.05, 3.63) is 24.3 Å². The van der Waals surface area contributed by atoms with Crippen LogP contribution >= 0.6 is 7.82 Å². The van der Waals surface area contributed by atoms with E-state index in [0.29, 0.717) is 12.8 Å². The molecule has 0 aromatic carbocycles. The fourth-order valence-corrected chi connectivity index (χ4v) is 6.54. The molecule has 0 amide bonds. The van der Waals surface area contributed by atoms with Gasteiger partial charge in [0, 0.05) is 12.8 Å². The van der Waals surface area contributed by atoms with E-state index in [4.69, 9.17) is 24.8 Å². The van der Waals surface area contributed by atoms with E-state index >= 15 is 0 Å². The zero-order valence-electron chi connectivity index (χ0n) is 34.1. The number of phosphoric acid groups is 1. The maximum absolute atomic E-state index is 12.6. The number of carboxylic acids is 1. The van der Waals surface area contributed by atoms with Crippen LogP contribution in [0.15, 0.2) is 24.3 Å². The Morgan fingerprint density at radius 3 is 1.41 bits per heavy atom. The highest BCUT2D eigenvalue weighted by molar-refractivity contribution is 7.47. The second-order valence-corrected chi connectivity index (χ2v) is 15.9. The van der Waals surface area contributed by atoms with Crippen LogP contribution in [0.2, 0.25) is 0 Å². The summed E-state index contributed by atoms with van der Waals surface area (Å²) in [5, 5.41) is 8.88. The monoisotopic (exact) mass is 788 g/mol. The number of ether oxygens (including phenoxy) is 2. The van der Waals surface area contributed by atoms with Crippen molar-refractivity contribution in [1.82, 2.24) is 0 Å². The molecule has 0 saturated carbocycles. The van der Waals surface area contributed by atoms with E-state index < -0.39 is 51.1 Å². The van der Waals surface area contributed by atoms with E-state index in [1.54, 1.807) is 0 Å². The molecule has 12 heteroatoms. The van der Waals surface area contributed by atoms with Crippen LogP contribution in [0.3, 0.4) is 0 Å². The van der Waals surface area contributed by atoms with Crippen molar-refractivity contribution in [2.45, 2.75) is 206 Å². The minimum absolute atomic E-state index is 0.132. The summed E-state index contributed by atoms with van der Waals surface area (Å²) in [6.07, 6.45) is 38.1. The number of esters is 2. The van der Waals surface area contributed by atoms with E-state index in [9.17, 15) is 23.8 Å². The van der Waals surface area contributed by atoms with Crippen LogP contribution in [-0.2, 0) is 37.5 Å². The lowest BCUT2D eigenvalue weighted by Crippen LogP contribution is -2.34. The third-order valence-corrected chi connectivity index (χ3v) is 10.1. The molecule has 0 fully saturated rings. The first-order valence-electron chi connectivity index (χ1n) is 21.4. The predicted octanol–water partition coefficient (Wildman–Crippen LogP) is 11.1. The lowest BCUT2D eigenvalue weighted by molar-refractivity contribution is -0.161. The van der Waals surface area contributed by atoms with Crippen molar-refractivity contribution in [3.8, 4) is 0 Å². The van der Waals surface area contributed by atoms with Gasteiger partial charge in [-0.2, -0.15) is 0 Å². The Labute approximate surface area is 328 Å². The Balaban J connectivity index is 4.40. The zero-order valence-corrected chi connectivity index (χ0v) is 35.0. The van der Waals surface area contributed by atoms with Gasteiger partial charge in [0.1, 0.15) is 12.6 Å². The molecule has 0 aliphatic rings. The highest BCUT2D eigenvalue weighted by Crippen LogP contribution is 2.43. The van der Waals surface area contributed by atoms with Gasteiger partial charge in [-0.15, -0.1) is 0 Å². The highest BCUT2D eigenvalue weighted by Gasteiger charge is 2.28. The molecule has 54 heavy (non-hydrogen) atoms. The number of allylic oxidation sites excluding steroid dienone is 4. The smallest absolute Gasteiger partial charge is 0.472 e. The third-order valence-electron chi connectivity index (χ3n) is 9.17. The molecule has 0 saturated heterocycles. The third kappa shape index (κ3) is 36.9. The Morgan fingerprint density at radius 1 is 0.556 bits per heavy atom. The van der Waals surface area contributed by atoms with Crippen molar-refractivity contribution < 1.29 is 47.5 Å². The molecule has 0 aliphatic carbocycles. The maximum Gasteiger partial charge on any atom is 0.472 e. The molecule has 316 valence electrons. The molecule has 0 heterocycles. The van der Waals surface area contributed by atoms with Gasteiger partial charge < -0.3 is 25.2 Å². The standard InChI is InChI=1S/C42H78NO10P/c1-3-5-7-9-11-13-15-17-19-21-23-25-27-29-31-33-40(44)50-35-38(36-51-54(48,49)52-37-39(43)42(46)47)53-41(45)34-32-30-28-26-24-22-20-18-16-14-12-10-8-6-4-2/h13,15,24,26,38-39H,3-12,14,16-23,25,27-37,43H2,1-2H3,(H,46,47)(H,48,49)/b15-13+,26-24+/t38-,39+/m1/s1. The summed E-state index contributed by atoms with van der Waals surface area (Å²) in [6.45, 7) is 2.77. The molecule has 0 bridgehead atoms. The highest BCUT2D eigenvalue weighted by atomic mass is 31.2. The van der Waals surface area contributed by atoms with Crippen LogP contribution in [0.25, 0.3) is 0 Å². The summed E-state index contributed by atoms with van der Waals surface area (Å²) in [5.41, 5.74) is 5.33. The van der Waals surface area contributed by atoms with E-state index in [1.165, 1.54) is 109 Å². The lowest BCUT2D eigenvalue weighted by atomic mass is 10.1. The summed E-state index contributed by atoms with van der Waals surface area (Å²) >= 11 is 0. The molecule has 11 nitrogen and oxygen atoms in total. The second-order valence-electron chi connectivity index (χ2n) is 14.5. The van der Waals surface area contributed by atoms with Gasteiger partial charge in [-0.3, -0.25) is 23.4 Å². The Bertz CT molecular complexity index is 1020. The van der Waals surface area contributed by atoms with E-state index in [2.05, 4.69) is 42.7 Å². The number of unbranched alkanes of at least 4 members (excludes halogenated alkanes) is 22. The average molecular weight is 788 g/mol.